The van der Waals surface area contributed by atoms with Gasteiger partial charge in [0.15, 0.2) is 0 Å². The first kappa shape index (κ1) is 21.7. The van der Waals surface area contributed by atoms with Crippen molar-refractivity contribution < 1.29 is 14.4 Å². The number of fused-ring (bicyclic) bond motifs is 1. The third-order valence-electron chi connectivity index (χ3n) is 4.62. The molecule has 0 spiro atoms. The van der Waals surface area contributed by atoms with Gasteiger partial charge in [0.05, 0.1) is 10.3 Å². The van der Waals surface area contributed by atoms with Crippen molar-refractivity contribution in [2.24, 2.45) is 0 Å². The maximum Gasteiger partial charge on any atom is 0.293 e. The van der Waals surface area contributed by atoms with Crippen LogP contribution < -0.4 is 10.9 Å². The van der Waals surface area contributed by atoms with Gasteiger partial charge in [0.25, 0.3) is 16.7 Å². The van der Waals surface area contributed by atoms with Gasteiger partial charge < -0.3 is 5.32 Å². The fourth-order valence-electron chi connectivity index (χ4n) is 3.03. The molecule has 1 N–H and O–H groups in total. The van der Waals surface area contributed by atoms with Crippen LogP contribution in [0.3, 0.4) is 0 Å². The summed E-state index contributed by atoms with van der Waals surface area (Å²) in [4.78, 5) is 50.7. The number of benzene rings is 2. The van der Waals surface area contributed by atoms with Crippen LogP contribution in [0.1, 0.15) is 5.56 Å². The quantitative estimate of drug-likeness (QED) is 0.551. The minimum absolute atomic E-state index is 0.00661. The molecule has 1 aliphatic rings. The lowest BCUT2D eigenvalue weighted by atomic mass is 10.2. The van der Waals surface area contributed by atoms with Gasteiger partial charge in [-0.1, -0.05) is 41.1 Å². The SMILES string of the molecule is O=C(Cn1nnc2ccccc2c1=O)NCCN1C(=O)SC(=Cc2ccc(Cl)cc2)C1=O. The standard InChI is InChI=1S/C21H16ClN5O4S/c22-14-7-5-13(6-8-14)11-17-20(30)26(21(31)32-17)10-9-23-18(28)12-27-19(29)15-3-1-2-4-16(15)24-25-27/h1-8,11H,9-10,12H2,(H,23,28). The van der Waals surface area contributed by atoms with Gasteiger partial charge in [0.1, 0.15) is 12.1 Å². The number of nitrogens with one attached hydrogen (secondary N) is 1. The van der Waals surface area contributed by atoms with E-state index >= 15 is 0 Å². The van der Waals surface area contributed by atoms with Crippen LogP contribution in [0.2, 0.25) is 5.02 Å². The molecule has 11 heteroatoms. The third kappa shape index (κ3) is 4.71. The van der Waals surface area contributed by atoms with Crippen LogP contribution >= 0.6 is 23.4 Å². The first-order chi connectivity index (χ1) is 15.4. The predicted octanol–water partition coefficient (Wildman–Crippen LogP) is 2.30. The summed E-state index contributed by atoms with van der Waals surface area (Å²) in [5, 5.41) is 10.8. The lowest BCUT2D eigenvalue weighted by molar-refractivity contribution is -0.124. The topological polar surface area (TPSA) is 114 Å². The van der Waals surface area contributed by atoms with Crippen LogP contribution in [0.4, 0.5) is 4.79 Å². The molecule has 0 atom stereocenters. The van der Waals surface area contributed by atoms with Crippen LogP contribution in [-0.4, -0.2) is 50.0 Å². The molecule has 2 heterocycles. The molecule has 162 valence electrons. The van der Waals surface area contributed by atoms with Crippen molar-refractivity contribution in [1.82, 2.24) is 25.2 Å². The minimum atomic E-state index is -0.486. The van der Waals surface area contributed by atoms with Crippen molar-refractivity contribution in [2.75, 3.05) is 13.1 Å². The number of carbonyl (C=O) groups is 3. The number of halogens is 1. The molecule has 3 aromatic rings. The smallest absolute Gasteiger partial charge is 0.293 e. The zero-order valence-corrected chi connectivity index (χ0v) is 18.1. The average Bonchev–Trinajstić information content (AvgIpc) is 3.05. The molecular weight excluding hydrogens is 454 g/mol. The van der Waals surface area contributed by atoms with Crippen molar-refractivity contribution in [3.63, 3.8) is 0 Å². The number of imide groups is 1. The highest BCUT2D eigenvalue weighted by Gasteiger charge is 2.34. The number of nitrogens with zero attached hydrogens (tertiary/aromatic N) is 4. The second-order valence-electron chi connectivity index (χ2n) is 6.80. The van der Waals surface area contributed by atoms with E-state index in [1.807, 2.05) is 0 Å². The van der Waals surface area contributed by atoms with Gasteiger partial charge in [0.2, 0.25) is 5.91 Å². The number of hydrogen-bond acceptors (Lipinski definition) is 7. The molecule has 32 heavy (non-hydrogen) atoms. The Morgan fingerprint density at radius 1 is 1.09 bits per heavy atom. The zero-order valence-electron chi connectivity index (χ0n) is 16.5. The van der Waals surface area contributed by atoms with Gasteiger partial charge in [-0.3, -0.25) is 24.1 Å². The van der Waals surface area contributed by atoms with Crippen molar-refractivity contribution >= 4 is 57.4 Å². The van der Waals surface area contributed by atoms with Crippen LogP contribution in [0, 0.1) is 0 Å². The molecular formula is C21H16ClN5O4S. The van der Waals surface area contributed by atoms with E-state index in [0.29, 0.717) is 20.8 Å². The predicted molar refractivity (Wildman–Crippen MR) is 121 cm³/mol. The van der Waals surface area contributed by atoms with Crippen molar-refractivity contribution in [3.05, 3.63) is 74.4 Å². The maximum atomic E-state index is 12.5. The van der Waals surface area contributed by atoms with E-state index in [0.717, 1.165) is 26.9 Å². The van der Waals surface area contributed by atoms with Crippen LogP contribution in [0.15, 0.2) is 58.2 Å². The molecule has 3 amide bonds. The van der Waals surface area contributed by atoms with E-state index in [4.69, 9.17) is 11.6 Å². The summed E-state index contributed by atoms with van der Waals surface area (Å²) in [5.74, 6) is -0.916. The Balaban J connectivity index is 1.34. The number of carbonyl (C=O) groups excluding carboxylic acids is 3. The van der Waals surface area contributed by atoms with Crippen LogP contribution in [0.25, 0.3) is 17.0 Å². The zero-order chi connectivity index (χ0) is 22.7. The summed E-state index contributed by atoms with van der Waals surface area (Å²) in [6, 6.07) is 13.6. The van der Waals surface area contributed by atoms with E-state index in [9.17, 15) is 19.2 Å². The van der Waals surface area contributed by atoms with E-state index < -0.39 is 22.6 Å². The summed E-state index contributed by atoms with van der Waals surface area (Å²) >= 11 is 6.69. The highest BCUT2D eigenvalue weighted by Crippen LogP contribution is 2.32. The second kappa shape index (κ2) is 9.33. The molecule has 1 fully saturated rings. The number of thioether (sulfide) groups is 1. The minimum Gasteiger partial charge on any atom is -0.353 e. The van der Waals surface area contributed by atoms with Crippen molar-refractivity contribution in [1.29, 1.82) is 0 Å². The van der Waals surface area contributed by atoms with Gasteiger partial charge in [0, 0.05) is 18.1 Å². The Labute approximate surface area is 191 Å². The lowest BCUT2D eigenvalue weighted by Gasteiger charge is -2.13. The lowest BCUT2D eigenvalue weighted by Crippen LogP contribution is -2.40. The number of rotatable bonds is 6. The highest BCUT2D eigenvalue weighted by molar-refractivity contribution is 8.18. The van der Waals surface area contributed by atoms with Crippen LogP contribution in [-0.2, 0) is 16.1 Å². The molecule has 1 aliphatic heterocycles. The van der Waals surface area contributed by atoms with E-state index in [-0.39, 0.29) is 19.6 Å². The molecule has 0 saturated carbocycles. The Bertz CT molecular complexity index is 1310. The van der Waals surface area contributed by atoms with Gasteiger partial charge in [-0.15, -0.1) is 5.10 Å². The van der Waals surface area contributed by atoms with Gasteiger partial charge in [-0.25, -0.2) is 4.68 Å². The fraction of sp³-hybridized carbons (Fsp3) is 0.143. The fourth-order valence-corrected chi connectivity index (χ4v) is 4.02. The maximum absolute atomic E-state index is 12.5. The summed E-state index contributed by atoms with van der Waals surface area (Å²) in [6.07, 6.45) is 1.62. The molecule has 9 nitrogen and oxygen atoms in total. The largest absolute Gasteiger partial charge is 0.353 e. The molecule has 4 rings (SSSR count). The monoisotopic (exact) mass is 469 g/mol. The average molecular weight is 470 g/mol. The van der Waals surface area contributed by atoms with Crippen molar-refractivity contribution in [3.8, 4) is 0 Å². The van der Waals surface area contributed by atoms with Crippen molar-refractivity contribution in [2.45, 2.75) is 6.54 Å². The number of amides is 3. The van der Waals surface area contributed by atoms with Gasteiger partial charge in [-0.05, 0) is 47.7 Å². The summed E-state index contributed by atoms with van der Waals surface area (Å²) in [5.41, 5.74) is 0.763. The van der Waals surface area contributed by atoms with E-state index in [1.54, 1.807) is 54.6 Å². The normalized spacial score (nSPS) is 15.0. The summed E-state index contributed by atoms with van der Waals surface area (Å²) in [6.45, 7) is -0.275. The Morgan fingerprint density at radius 3 is 2.62 bits per heavy atom. The first-order valence-electron chi connectivity index (χ1n) is 9.52. The Hall–Kier alpha value is -3.50. The third-order valence-corrected chi connectivity index (χ3v) is 5.78. The Morgan fingerprint density at radius 2 is 1.84 bits per heavy atom. The molecule has 0 aliphatic carbocycles. The highest BCUT2D eigenvalue weighted by atomic mass is 35.5. The molecule has 0 radical (unpaired) electrons. The summed E-state index contributed by atoms with van der Waals surface area (Å²) in [7, 11) is 0. The van der Waals surface area contributed by atoms with Crippen LogP contribution in [0.5, 0.6) is 0 Å². The molecule has 1 saturated heterocycles. The molecule has 0 unspecified atom stereocenters. The molecule has 1 aromatic heterocycles. The number of aromatic nitrogens is 3. The van der Waals surface area contributed by atoms with Gasteiger partial charge >= 0.3 is 0 Å². The number of hydrogen-bond donors (Lipinski definition) is 1. The summed E-state index contributed by atoms with van der Waals surface area (Å²) < 4.78 is 0.965. The van der Waals surface area contributed by atoms with E-state index in [2.05, 4.69) is 15.6 Å². The second-order valence-corrected chi connectivity index (χ2v) is 8.23. The van der Waals surface area contributed by atoms with Gasteiger partial charge in [-0.2, -0.15) is 0 Å². The molecule has 0 bridgehead atoms. The van der Waals surface area contributed by atoms with E-state index in [1.165, 1.54) is 0 Å². The molecule has 2 aromatic carbocycles. The first-order valence-corrected chi connectivity index (χ1v) is 10.7. The Kier molecular flexibility index (Phi) is 6.33.